The van der Waals surface area contributed by atoms with Crippen LogP contribution in [0.15, 0.2) is 11.1 Å². The Morgan fingerprint density at radius 1 is 1.54 bits per heavy atom. The summed E-state index contributed by atoms with van der Waals surface area (Å²) in [4.78, 5) is 11.3. The third kappa shape index (κ3) is 3.89. The Labute approximate surface area is 85.4 Å². The van der Waals surface area contributed by atoms with Gasteiger partial charge in [-0.1, -0.05) is 22.5 Å². The van der Waals surface area contributed by atoms with Crippen LogP contribution in [0.4, 0.5) is 0 Å². The van der Waals surface area contributed by atoms with Gasteiger partial charge in [0.25, 0.3) is 5.91 Å². The fraction of sp³-hybridized carbons (Fsp3) is 0.625. The minimum Gasteiger partial charge on any atom is -0.347 e. The van der Waals surface area contributed by atoms with Crippen LogP contribution in [0.2, 0.25) is 0 Å². The molecule has 0 spiro atoms. The molecule has 0 unspecified atom stereocenters. The van der Waals surface area contributed by atoms with Crippen molar-refractivity contribution >= 4 is 21.8 Å². The van der Waals surface area contributed by atoms with E-state index in [0.29, 0.717) is 19.8 Å². The summed E-state index contributed by atoms with van der Waals surface area (Å²) in [5, 5.41) is 2.62. The molecule has 13 heavy (non-hydrogen) atoms. The van der Waals surface area contributed by atoms with Gasteiger partial charge in [0.15, 0.2) is 0 Å². The van der Waals surface area contributed by atoms with E-state index in [1.54, 1.807) is 0 Å². The quantitative estimate of drug-likeness (QED) is 0.804. The lowest BCUT2D eigenvalue weighted by Crippen LogP contribution is -2.41. The van der Waals surface area contributed by atoms with Crippen LogP contribution in [0.5, 0.6) is 0 Å². The molecule has 1 rings (SSSR count). The van der Waals surface area contributed by atoms with E-state index in [1.807, 2.05) is 0 Å². The number of amides is 1. The molecule has 1 fully saturated rings. The highest BCUT2D eigenvalue weighted by molar-refractivity contribution is 9.11. The van der Waals surface area contributed by atoms with Crippen molar-refractivity contribution in [3.05, 3.63) is 11.1 Å². The van der Waals surface area contributed by atoms with Crippen molar-refractivity contribution < 1.29 is 14.3 Å². The van der Waals surface area contributed by atoms with Crippen LogP contribution in [0.3, 0.4) is 0 Å². The molecule has 4 nitrogen and oxygen atoms in total. The fourth-order valence-electron chi connectivity index (χ4n) is 0.906. The molecule has 1 amide bonds. The van der Waals surface area contributed by atoms with Crippen molar-refractivity contribution in [1.82, 2.24) is 5.32 Å². The monoisotopic (exact) mass is 249 g/mol. The minimum absolute atomic E-state index is 0.250. The first-order valence-electron chi connectivity index (χ1n) is 4.04. The van der Waals surface area contributed by atoms with E-state index < -0.39 is 6.29 Å². The molecule has 0 atom stereocenters. The van der Waals surface area contributed by atoms with Gasteiger partial charge < -0.3 is 14.8 Å². The second-order valence-corrected chi connectivity index (χ2v) is 3.78. The maximum absolute atomic E-state index is 11.3. The van der Waals surface area contributed by atoms with Gasteiger partial charge >= 0.3 is 0 Å². The molecule has 0 aromatic rings. The Kier molecular flexibility index (Phi) is 4.41. The first kappa shape index (κ1) is 10.7. The van der Waals surface area contributed by atoms with Gasteiger partial charge in [-0.15, -0.1) is 0 Å². The van der Waals surface area contributed by atoms with Crippen LogP contribution in [-0.2, 0) is 14.3 Å². The molecule has 0 bridgehead atoms. The Morgan fingerprint density at radius 2 is 2.15 bits per heavy atom. The summed E-state index contributed by atoms with van der Waals surface area (Å²) in [6, 6.07) is 0. The van der Waals surface area contributed by atoms with Crippen molar-refractivity contribution in [2.24, 2.45) is 0 Å². The summed E-state index contributed by atoms with van der Waals surface area (Å²) in [6.07, 6.45) is 0.0928. The van der Waals surface area contributed by atoms with Gasteiger partial charge in [0, 0.05) is 11.0 Å². The number of halogens is 1. The van der Waals surface area contributed by atoms with Crippen LogP contribution in [0.25, 0.3) is 0 Å². The molecule has 1 saturated heterocycles. The molecule has 1 aliphatic heterocycles. The van der Waals surface area contributed by atoms with Crippen LogP contribution in [0.1, 0.15) is 6.42 Å². The summed E-state index contributed by atoms with van der Waals surface area (Å²) >= 11 is 3.14. The first-order valence-corrected chi connectivity index (χ1v) is 4.83. The molecule has 0 aromatic heterocycles. The fourth-order valence-corrected chi connectivity index (χ4v) is 1.05. The number of carbonyl (C=O) groups is 1. The highest BCUT2D eigenvalue weighted by Gasteiger charge is 2.22. The second kappa shape index (κ2) is 5.36. The smallest absolute Gasteiger partial charge is 0.277 e. The number of hydrogen-bond donors (Lipinski definition) is 1. The Bertz CT molecular complexity index is 202. The standard InChI is InChI=1S/C8H12BrNO3/c1-6(9)5-10-7(11)8-12-3-2-4-13-8/h8H,1-5H2,(H,10,11). The average Bonchev–Trinajstić information content (AvgIpc) is 2.15. The Hall–Kier alpha value is -0.390. The minimum atomic E-state index is -0.749. The summed E-state index contributed by atoms with van der Waals surface area (Å²) in [5.41, 5.74) is 0. The lowest BCUT2D eigenvalue weighted by atomic mass is 10.4. The SMILES string of the molecule is C=C(Br)CNC(=O)C1OCCCO1. The van der Waals surface area contributed by atoms with Gasteiger partial charge in [0.1, 0.15) is 0 Å². The first-order chi connectivity index (χ1) is 6.20. The van der Waals surface area contributed by atoms with E-state index in [4.69, 9.17) is 9.47 Å². The summed E-state index contributed by atoms with van der Waals surface area (Å²) in [6.45, 7) is 5.14. The van der Waals surface area contributed by atoms with Gasteiger partial charge in [-0.25, -0.2) is 0 Å². The van der Waals surface area contributed by atoms with Gasteiger partial charge in [0.2, 0.25) is 6.29 Å². The summed E-state index contributed by atoms with van der Waals surface area (Å²) in [7, 11) is 0. The van der Waals surface area contributed by atoms with Gasteiger partial charge in [-0.3, -0.25) is 4.79 Å². The van der Waals surface area contributed by atoms with Crippen molar-refractivity contribution in [3.8, 4) is 0 Å². The molecular formula is C8H12BrNO3. The van der Waals surface area contributed by atoms with Crippen LogP contribution in [0, 0.1) is 0 Å². The van der Waals surface area contributed by atoms with Crippen molar-refractivity contribution in [2.45, 2.75) is 12.7 Å². The van der Waals surface area contributed by atoms with Gasteiger partial charge in [-0.05, 0) is 6.42 Å². The Morgan fingerprint density at radius 3 is 2.69 bits per heavy atom. The van der Waals surface area contributed by atoms with E-state index in [1.165, 1.54) is 0 Å². The molecule has 0 saturated carbocycles. The average molecular weight is 250 g/mol. The van der Waals surface area contributed by atoms with Gasteiger partial charge in [0.05, 0.1) is 13.2 Å². The lowest BCUT2D eigenvalue weighted by molar-refractivity contribution is -0.190. The normalized spacial score (nSPS) is 18.2. The van der Waals surface area contributed by atoms with Crippen LogP contribution >= 0.6 is 15.9 Å². The van der Waals surface area contributed by atoms with E-state index >= 15 is 0 Å². The topological polar surface area (TPSA) is 47.6 Å². The zero-order chi connectivity index (χ0) is 9.68. The molecular weight excluding hydrogens is 238 g/mol. The van der Waals surface area contributed by atoms with Crippen molar-refractivity contribution in [2.75, 3.05) is 19.8 Å². The third-order valence-corrected chi connectivity index (χ3v) is 1.78. The molecule has 74 valence electrons. The molecule has 0 aromatic carbocycles. The molecule has 0 radical (unpaired) electrons. The highest BCUT2D eigenvalue weighted by Crippen LogP contribution is 2.05. The maximum Gasteiger partial charge on any atom is 0.277 e. The molecule has 5 heteroatoms. The highest BCUT2D eigenvalue weighted by atomic mass is 79.9. The molecule has 0 aliphatic carbocycles. The predicted octanol–water partition coefficient (Wildman–Crippen LogP) is 0.774. The van der Waals surface area contributed by atoms with Crippen LogP contribution < -0.4 is 5.32 Å². The Balaban J connectivity index is 2.25. The predicted molar refractivity (Wildman–Crippen MR) is 51.4 cm³/mol. The number of nitrogens with one attached hydrogen (secondary N) is 1. The van der Waals surface area contributed by atoms with Gasteiger partial charge in [-0.2, -0.15) is 0 Å². The van der Waals surface area contributed by atoms with Crippen molar-refractivity contribution in [1.29, 1.82) is 0 Å². The number of hydrogen-bond acceptors (Lipinski definition) is 3. The van der Waals surface area contributed by atoms with E-state index in [2.05, 4.69) is 27.8 Å². The largest absolute Gasteiger partial charge is 0.347 e. The number of rotatable bonds is 3. The summed E-state index contributed by atoms with van der Waals surface area (Å²) in [5.74, 6) is -0.250. The van der Waals surface area contributed by atoms with E-state index in [-0.39, 0.29) is 5.91 Å². The molecule has 1 N–H and O–H groups in total. The second-order valence-electron chi connectivity index (χ2n) is 2.66. The zero-order valence-electron chi connectivity index (χ0n) is 7.22. The molecule has 1 heterocycles. The lowest BCUT2D eigenvalue weighted by Gasteiger charge is -2.21. The number of carbonyl (C=O) groups excluding carboxylic acids is 1. The maximum atomic E-state index is 11.3. The van der Waals surface area contributed by atoms with E-state index in [0.717, 1.165) is 10.9 Å². The number of ether oxygens (including phenoxy) is 2. The van der Waals surface area contributed by atoms with Crippen LogP contribution in [-0.4, -0.2) is 32.0 Å². The van der Waals surface area contributed by atoms with E-state index in [9.17, 15) is 4.79 Å². The third-order valence-electron chi connectivity index (χ3n) is 1.50. The molecule has 1 aliphatic rings. The van der Waals surface area contributed by atoms with Crippen molar-refractivity contribution in [3.63, 3.8) is 0 Å². The summed E-state index contributed by atoms with van der Waals surface area (Å²) < 4.78 is 10.9. The zero-order valence-corrected chi connectivity index (χ0v) is 8.80.